The molecule has 1 aromatic carbocycles. The Morgan fingerprint density at radius 3 is 2.65 bits per heavy atom. The molecule has 1 unspecified atom stereocenters. The second-order valence-electron chi connectivity index (χ2n) is 7.26. The first-order chi connectivity index (χ1) is 10.9. The summed E-state index contributed by atoms with van der Waals surface area (Å²) in [6.45, 7) is 4.20. The van der Waals surface area contributed by atoms with Gasteiger partial charge < -0.3 is 5.11 Å². The molecule has 1 saturated carbocycles. The Balaban J connectivity index is 2.21. The van der Waals surface area contributed by atoms with E-state index in [-0.39, 0.29) is 22.7 Å². The normalized spacial score (nSPS) is 22.3. The van der Waals surface area contributed by atoms with Gasteiger partial charge in [0.15, 0.2) is 0 Å². The Kier molecular flexibility index (Phi) is 3.82. The van der Waals surface area contributed by atoms with Crippen LogP contribution in [0.2, 0.25) is 0 Å². The van der Waals surface area contributed by atoms with Crippen LogP contribution >= 0.6 is 0 Å². The summed E-state index contributed by atoms with van der Waals surface area (Å²) >= 11 is 0. The molecule has 6 nitrogen and oxygen atoms in total. The summed E-state index contributed by atoms with van der Waals surface area (Å²) in [4.78, 5) is 16.8. The van der Waals surface area contributed by atoms with E-state index in [4.69, 9.17) is 5.53 Å². The van der Waals surface area contributed by atoms with Crippen molar-refractivity contribution in [1.82, 2.24) is 4.90 Å². The number of rotatable bonds is 4. The first-order valence-electron chi connectivity index (χ1n) is 8.04. The van der Waals surface area contributed by atoms with Crippen molar-refractivity contribution in [2.45, 2.75) is 57.0 Å². The summed E-state index contributed by atoms with van der Waals surface area (Å²) in [5.41, 5.74) is 11.1. The van der Waals surface area contributed by atoms with E-state index in [9.17, 15) is 9.90 Å². The third-order valence-corrected chi connectivity index (χ3v) is 5.28. The van der Waals surface area contributed by atoms with Gasteiger partial charge in [-0.25, -0.2) is 4.79 Å². The maximum atomic E-state index is 11.5. The molecule has 0 spiro atoms. The van der Waals surface area contributed by atoms with Crippen LogP contribution < -0.4 is 0 Å². The zero-order chi connectivity index (χ0) is 16.8. The fourth-order valence-electron chi connectivity index (χ4n) is 3.85. The predicted molar refractivity (Wildman–Crippen MR) is 88.0 cm³/mol. The quantitative estimate of drug-likeness (QED) is 0.503. The van der Waals surface area contributed by atoms with Crippen molar-refractivity contribution in [1.29, 1.82) is 0 Å². The number of aromatic carboxylic acids is 1. The van der Waals surface area contributed by atoms with E-state index in [1.807, 2.05) is 6.07 Å². The Morgan fingerprint density at radius 2 is 2.09 bits per heavy atom. The number of carboxylic acid groups (broad SMARTS) is 1. The molecule has 1 N–H and O–H groups in total. The largest absolute Gasteiger partial charge is 0.478 e. The minimum absolute atomic E-state index is 0.0874. The van der Waals surface area contributed by atoms with Crippen LogP contribution in [0.3, 0.4) is 0 Å². The van der Waals surface area contributed by atoms with Crippen molar-refractivity contribution in [3.05, 3.63) is 39.3 Å². The van der Waals surface area contributed by atoms with E-state index >= 15 is 0 Å². The molecule has 2 aliphatic carbocycles. The van der Waals surface area contributed by atoms with Gasteiger partial charge in [0.25, 0.3) is 0 Å². The van der Waals surface area contributed by atoms with Crippen molar-refractivity contribution in [3.8, 4) is 0 Å². The third-order valence-electron chi connectivity index (χ3n) is 5.28. The number of nitrogens with zero attached hydrogens (tertiary/aromatic N) is 4. The standard InChI is InChI=1S/C17H22N4O2/c1-17(2)9-8-13(21(3)10-4-5-10)11-6-7-12(16(22)23)15(14(11)17)19-20-18/h6-7,10,13H,4-5,8-9H2,1-3H3,(H,22,23). The number of fused-ring (bicyclic) bond motifs is 1. The predicted octanol–water partition coefficient (Wildman–Crippen LogP) is 4.53. The molecule has 0 amide bonds. The summed E-state index contributed by atoms with van der Waals surface area (Å²) in [5.74, 6) is -1.05. The smallest absolute Gasteiger partial charge is 0.336 e. The molecule has 0 heterocycles. The molecule has 0 saturated heterocycles. The van der Waals surface area contributed by atoms with E-state index in [1.165, 1.54) is 12.8 Å². The lowest BCUT2D eigenvalue weighted by atomic mass is 9.69. The van der Waals surface area contributed by atoms with E-state index in [0.29, 0.717) is 6.04 Å². The van der Waals surface area contributed by atoms with Crippen LogP contribution in [0.4, 0.5) is 5.69 Å². The molecule has 0 radical (unpaired) electrons. The van der Waals surface area contributed by atoms with Crippen LogP contribution in [0.1, 0.15) is 67.1 Å². The third kappa shape index (κ3) is 2.69. The van der Waals surface area contributed by atoms with Crippen LogP contribution in [0.15, 0.2) is 17.2 Å². The molecule has 122 valence electrons. The zero-order valence-corrected chi connectivity index (χ0v) is 13.8. The zero-order valence-electron chi connectivity index (χ0n) is 13.8. The summed E-state index contributed by atoms with van der Waals surface area (Å²) in [5, 5.41) is 13.2. The van der Waals surface area contributed by atoms with Crippen LogP contribution in [0, 0.1) is 0 Å². The van der Waals surface area contributed by atoms with Gasteiger partial charge in [-0.3, -0.25) is 4.90 Å². The first kappa shape index (κ1) is 15.8. The summed E-state index contributed by atoms with van der Waals surface area (Å²) < 4.78 is 0. The van der Waals surface area contributed by atoms with Crippen LogP contribution in [-0.4, -0.2) is 29.1 Å². The molecule has 23 heavy (non-hydrogen) atoms. The van der Waals surface area contributed by atoms with Crippen molar-refractivity contribution < 1.29 is 9.90 Å². The lowest BCUT2D eigenvalue weighted by Gasteiger charge is -2.42. The average molecular weight is 314 g/mol. The minimum Gasteiger partial charge on any atom is -0.478 e. The van der Waals surface area contributed by atoms with Gasteiger partial charge in [-0.05, 0) is 60.9 Å². The van der Waals surface area contributed by atoms with E-state index in [1.54, 1.807) is 6.07 Å². The van der Waals surface area contributed by atoms with Crippen LogP contribution in [0.5, 0.6) is 0 Å². The highest BCUT2D eigenvalue weighted by Gasteiger charge is 2.40. The molecule has 1 fully saturated rings. The molecular weight excluding hydrogens is 292 g/mol. The maximum Gasteiger partial charge on any atom is 0.336 e. The Hall–Kier alpha value is -2.04. The summed E-state index contributed by atoms with van der Waals surface area (Å²) in [7, 11) is 2.14. The van der Waals surface area contributed by atoms with Gasteiger partial charge in [0.05, 0.1) is 11.3 Å². The van der Waals surface area contributed by atoms with Gasteiger partial charge in [0.1, 0.15) is 0 Å². The van der Waals surface area contributed by atoms with Crippen molar-refractivity contribution >= 4 is 11.7 Å². The van der Waals surface area contributed by atoms with Crippen molar-refractivity contribution in [3.63, 3.8) is 0 Å². The summed E-state index contributed by atoms with van der Waals surface area (Å²) in [6, 6.07) is 4.39. The number of carbonyl (C=O) groups is 1. The minimum atomic E-state index is -1.05. The maximum absolute atomic E-state index is 11.5. The fraction of sp³-hybridized carbons (Fsp3) is 0.588. The molecule has 2 aliphatic rings. The summed E-state index contributed by atoms with van der Waals surface area (Å²) in [6.07, 6.45) is 4.43. The highest BCUT2D eigenvalue weighted by atomic mass is 16.4. The van der Waals surface area contributed by atoms with E-state index in [0.717, 1.165) is 24.0 Å². The molecule has 0 aliphatic heterocycles. The molecule has 6 heteroatoms. The lowest BCUT2D eigenvalue weighted by Crippen LogP contribution is -2.35. The van der Waals surface area contributed by atoms with Crippen LogP contribution in [0.25, 0.3) is 10.4 Å². The Labute approximate surface area is 135 Å². The number of hydrogen-bond acceptors (Lipinski definition) is 3. The second-order valence-corrected chi connectivity index (χ2v) is 7.26. The Bertz CT molecular complexity index is 703. The van der Waals surface area contributed by atoms with Gasteiger partial charge in [0, 0.05) is 17.0 Å². The van der Waals surface area contributed by atoms with E-state index < -0.39 is 5.97 Å². The number of carboxylic acids is 1. The van der Waals surface area contributed by atoms with Crippen molar-refractivity contribution in [2.75, 3.05) is 7.05 Å². The SMILES string of the molecule is CN(C1CC1)C1CCC(C)(C)c2c1ccc(C(=O)O)c2N=[N+]=[N-]. The Morgan fingerprint density at radius 1 is 1.39 bits per heavy atom. The van der Waals surface area contributed by atoms with E-state index in [2.05, 4.69) is 35.8 Å². The van der Waals surface area contributed by atoms with Crippen LogP contribution in [-0.2, 0) is 5.41 Å². The number of hydrogen-bond donors (Lipinski definition) is 1. The lowest BCUT2D eigenvalue weighted by molar-refractivity contribution is 0.0697. The molecule has 1 atom stereocenters. The van der Waals surface area contributed by atoms with Crippen molar-refractivity contribution in [2.24, 2.45) is 5.11 Å². The molecule has 1 aromatic rings. The number of azide groups is 1. The van der Waals surface area contributed by atoms with Gasteiger partial charge >= 0.3 is 5.97 Å². The average Bonchev–Trinajstić information content (AvgIpc) is 3.31. The monoisotopic (exact) mass is 314 g/mol. The highest BCUT2D eigenvalue weighted by molar-refractivity contribution is 5.94. The second kappa shape index (κ2) is 5.55. The van der Waals surface area contributed by atoms with Gasteiger partial charge in [0.2, 0.25) is 0 Å². The molecule has 0 bridgehead atoms. The molecule has 3 rings (SSSR count). The molecular formula is C17H22N4O2. The van der Waals surface area contributed by atoms with Gasteiger partial charge in [-0.1, -0.05) is 25.0 Å². The highest BCUT2D eigenvalue weighted by Crippen LogP contribution is 2.50. The molecule has 0 aromatic heterocycles. The van der Waals surface area contributed by atoms with Gasteiger partial charge in [-0.2, -0.15) is 0 Å². The fourth-order valence-corrected chi connectivity index (χ4v) is 3.85. The number of benzene rings is 1. The first-order valence-corrected chi connectivity index (χ1v) is 8.04. The topological polar surface area (TPSA) is 89.3 Å². The van der Waals surface area contributed by atoms with Gasteiger partial charge in [-0.15, -0.1) is 0 Å².